The predicted octanol–water partition coefficient (Wildman–Crippen LogP) is -0.444. The highest BCUT2D eigenvalue weighted by Gasteiger charge is 2.20. The van der Waals surface area contributed by atoms with E-state index >= 15 is 0 Å². The van der Waals surface area contributed by atoms with E-state index in [9.17, 15) is 8.42 Å². The molecule has 0 radical (unpaired) electrons. The first-order valence-electron chi connectivity index (χ1n) is 4.17. The Labute approximate surface area is 80.3 Å². The summed E-state index contributed by atoms with van der Waals surface area (Å²) in [5.41, 5.74) is 4.82. The number of hydrogen-bond acceptors (Lipinski definition) is 3. The number of hydrogen-bond donors (Lipinski definition) is 3. The molecule has 0 fully saturated rings. The molecule has 0 amide bonds. The molecule has 0 saturated heterocycles. The van der Waals surface area contributed by atoms with Crippen LogP contribution in [0.3, 0.4) is 0 Å². The summed E-state index contributed by atoms with van der Waals surface area (Å²) in [6.07, 6.45) is 0. The molecule has 0 aliphatic rings. The molecule has 0 saturated carbocycles. The summed E-state index contributed by atoms with van der Waals surface area (Å²) in [7, 11) is -3.43. The molecule has 0 heterocycles. The van der Waals surface area contributed by atoms with E-state index in [2.05, 4.69) is 9.44 Å². The molecule has 0 rings (SSSR count). The van der Waals surface area contributed by atoms with Crippen LogP contribution in [0.1, 0.15) is 27.7 Å². The molecular formula is C7H19N3O2S. The molecule has 0 aromatic rings. The van der Waals surface area contributed by atoms with Crippen LogP contribution in [-0.4, -0.2) is 26.5 Å². The Morgan fingerprint density at radius 1 is 1.38 bits per heavy atom. The largest absolute Gasteiger partial charge is 0.329 e. The highest BCUT2D eigenvalue weighted by molar-refractivity contribution is 7.87. The second-order valence-electron chi connectivity index (χ2n) is 4.11. The standard InChI is InChI=1S/C7H19N3O2S/c1-6(5-8)9-13(11,12)10-7(2,3)4/h6,9-10H,5,8H2,1-4H3. The first-order chi connectivity index (χ1) is 5.66. The van der Waals surface area contributed by atoms with Crippen LogP contribution in [0.4, 0.5) is 0 Å². The Kier molecular flexibility index (Phi) is 4.31. The van der Waals surface area contributed by atoms with Crippen molar-refractivity contribution in [3.63, 3.8) is 0 Å². The Balaban J connectivity index is 4.27. The minimum atomic E-state index is -3.43. The van der Waals surface area contributed by atoms with Crippen LogP contribution in [0.15, 0.2) is 0 Å². The first kappa shape index (κ1) is 12.8. The van der Waals surface area contributed by atoms with E-state index in [0.717, 1.165) is 0 Å². The fraction of sp³-hybridized carbons (Fsp3) is 1.00. The van der Waals surface area contributed by atoms with Gasteiger partial charge in [0.2, 0.25) is 0 Å². The zero-order valence-corrected chi connectivity index (χ0v) is 9.40. The van der Waals surface area contributed by atoms with E-state index in [1.807, 2.05) is 0 Å². The molecule has 0 bridgehead atoms. The molecule has 0 aromatic heterocycles. The van der Waals surface area contributed by atoms with Crippen molar-refractivity contribution in [3.8, 4) is 0 Å². The lowest BCUT2D eigenvalue weighted by molar-refractivity contribution is 0.477. The van der Waals surface area contributed by atoms with Crippen molar-refractivity contribution in [2.75, 3.05) is 6.54 Å². The second kappa shape index (κ2) is 4.36. The van der Waals surface area contributed by atoms with Gasteiger partial charge in [0.1, 0.15) is 0 Å². The Bertz CT molecular complexity index is 243. The summed E-state index contributed by atoms with van der Waals surface area (Å²) in [4.78, 5) is 0. The van der Waals surface area contributed by atoms with Crippen LogP contribution in [0.25, 0.3) is 0 Å². The van der Waals surface area contributed by atoms with Gasteiger partial charge < -0.3 is 5.73 Å². The summed E-state index contributed by atoms with van der Waals surface area (Å²) in [5, 5.41) is 0. The van der Waals surface area contributed by atoms with Crippen molar-refractivity contribution in [1.29, 1.82) is 0 Å². The minimum absolute atomic E-state index is 0.250. The van der Waals surface area contributed by atoms with Crippen molar-refractivity contribution in [1.82, 2.24) is 9.44 Å². The third-order valence-corrected chi connectivity index (χ3v) is 2.74. The van der Waals surface area contributed by atoms with Gasteiger partial charge in [-0.3, -0.25) is 0 Å². The molecular weight excluding hydrogens is 190 g/mol. The number of rotatable bonds is 4. The SMILES string of the molecule is CC(CN)NS(=O)(=O)NC(C)(C)C. The lowest BCUT2D eigenvalue weighted by Crippen LogP contribution is -2.50. The first-order valence-corrected chi connectivity index (χ1v) is 5.66. The van der Waals surface area contributed by atoms with Crippen LogP contribution in [0, 0.1) is 0 Å². The van der Waals surface area contributed by atoms with Crippen molar-refractivity contribution < 1.29 is 8.42 Å². The smallest absolute Gasteiger partial charge is 0.277 e. The van der Waals surface area contributed by atoms with E-state index in [0.29, 0.717) is 0 Å². The van der Waals surface area contributed by atoms with Gasteiger partial charge in [-0.15, -0.1) is 0 Å². The van der Waals surface area contributed by atoms with Gasteiger partial charge in [-0.25, -0.2) is 0 Å². The number of nitrogens with one attached hydrogen (secondary N) is 2. The quantitative estimate of drug-likeness (QED) is 0.586. The van der Waals surface area contributed by atoms with Crippen LogP contribution in [-0.2, 0) is 10.2 Å². The zero-order valence-electron chi connectivity index (χ0n) is 8.59. The fourth-order valence-electron chi connectivity index (χ4n) is 0.746. The molecule has 13 heavy (non-hydrogen) atoms. The van der Waals surface area contributed by atoms with Crippen molar-refractivity contribution >= 4 is 10.2 Å². The van der Waals surface area contributed by atoms with E-state index in [1.165, 1.54) is 0 Å². The van der Waals surface area contributed by atoms with Crippen molar-refractivity contribution in [3.05, 3.63) is 0 Å². The Hall–Kier alpha value is -0.170. The molecule has 0 aliphatic carbocycles. The van der Waals surface area contributed by atoms with Gasteiger partial charge in [-0.1, -0.05) is 0 Å². The number of nitrogens with two attached hydrogens (primary N) is 1. The van der Waals surface area contributed by atoms with Crippen LogP contribution in [0.2, 0.25) is 0 Å². The van der Waals surface area contributed by atoms with Gasteiger partial charge in [0.25, 0.3) is 10.2 Å². The molecule has 1 atom stereocenters. The van der Waals surface area contributed by atoms with Gasteiger partial charge >= 0.3 is 0 Å². The minimum Gasteiger partial charge on any atom is -0.329 e. The van der Waals surface area contributed by atoms with Gasteiger partial charge in [-0.2, -0.15) is 17.9 Å². The van der Waals surface area contributed by atoms with E-state index in [-0.39, 0.29) is 12.6 Å². The summed E-state index contributed by atoms with van der Waals surface area (Å²) < 4.78 is 27.5. The molecule has 5 nitrogen and oxygen atoms in total. The molecule has 4 N–H and O–H groups in total. The van der Waals surface area contributed by atoms with Gasteiger partial charge in [-0.05, 0) is 27.7 Å². The summed E-state index contributed by atoms with van der Waals surface area (Å²) >= 11 is 0. The van der Waals surface area contributed by atoms with Crippen molar-refractivity contribution in [2.24, 2.45) is 5.73 Å². The summed E-state index contributed by atoms with van der Waals surface area (Å²) in [5.74, 6) is 0. The molecule has 0 aliphatic heterocycles. The maximum Gasteiger partial charge on any atom is 0.277 e. The molecule has 1 unspecified atom stereocenters. The average molecular weight is 209 g/mol. The van der Waals surface area contributed by atoms with E-state index < -0.39 is 15.7 Å². The second-order valence-corrected chi connectivity index (χ2v) is 5.56. The Morgan fingerprint density at radius 3 is 2.15 bits per heavy atom. The third kappa shape index (κ3) is 6.94. The van der Waals surface area contributed by atoms with Crippen molar-refractivity contribution in [2.45, 2.75) is 39.3 Å². The van der Waals surface area contributed by atoms with Crippen LogP contribution < -0.4 is 15.2 Å². The zero-order chi connectivity index (χ0) is 10.7. The maximum absolute atomic E-state index is 11.3. The molecule has 80 valence electrons. The molecule has 0 spiro atoms. The topological polar surface area (TPSA) is 84.2 Å². The predicted molar refractivity (Wildman–Crippen MR) is 53.5 cm³/mol. The van der Waals surface area contributed by atoms with E-state index in [4.69, 9.17) is 5.73 Å². The van der Waals surface area contributed by atoms with E-state index in [1.54, 1.807) is 27.7 Å². The summed E-state index contributed by atoms with van der Waals surface area (Å²) in [6.45, 7) is 7.32. The maximum atomic E-state index is 11.3. The Morgan fingerprint density at radius 2 is 1.85 bits per heavy atom. The van der Waals surface area contributed by atoms with Crippen LogP contribution in [0.5, 0.6) is 0 Å². The molecule has 0 aromatic carbocycles. The van der Waals surface area contributed by atoms with Gasteiger partial charge in [0.05, 0.1) is 0 Å². The average Bonchev–Trinajstić information content (AvgIpc) is 1.80. The lowest BCUT2D eigenvalue weighted by Gasteiger charge is -2.22. The van der Waals surface area contributed by atoms with Gasteiger partial charge in [0.15, 0.2) is 0 Å². The monoisotopic (exact) mass is 209 g/mol. The highest BCUT2D eigenvalue weighted by Crippen LogP contribution is 2.00. The summed E-state index contributed by atoms with van der Waals surface area (Å²) in [6, 6.07) is -0.250. The fourth-order valence-corrected chi connectivity index (χ4v) is 2.24. The third-order valence-electron chi connectivity index (χ3n) is 1.15. The molecule has 6 heteroatoms. The van der Waals surface area contributed by atoms with Gasteiger partial charge in [0, 0.05) is 18.1 Å². The normalized spacial score (nSPS) is 15.8. The highest BCUT2D eigenvalue weighted by atomic mass is 32.2. The van der Waals surface area contributed by atoms with Crippen LogP contribution >= 0.6 is 0 Å². The lowest BCUT2D eigenvalue weighted by atomic mass is 10.1.